The van der Waals surface area contributed by atoms with Gasteiger partial charge in [-0.15, -0.1) is 22.7 Å². The molecule has 0 aliphatic heterocycles. The number of hydrogen-bond acceptors (Lipinski definition) is 5. The van der Waals surface area contributed by atoms with Crippen molar-refractivity contribution in [1.29, 1.82) is 5.26 Å². The summed E-state index contributed by atoms with van der Waals surface area (Å²) in [7, 11) is 1.96. The van der Waals surface area contributed by atoms with Gasteiger partial charge >= 0.3 is 0 Å². The first-order valence-electron chi connectivity index (χ1n) is 8.68. The third kappa shape index (κ3) is 4.12. The summed E-state index contributed by atoms with van der Waals surface area (Å²) in [5.41, 5.74) is 1.85. The Kier molecular flexibility index (Phi) is 5.89. The molecule has 0 radical (unpaired) electrons. The lowest BCUT2D eigenvalue weighted by Crippen LogP contribution is -2.39. The monoisotopic (exact) mass is 373 g/mol. The van der Waals surface area contributed by atoms with Crippen LogP contribution in [0.3, 0.4) is 0 Å². The predicted octanol–water partition coefficient (Wildman–Crippen LogP) is 4.41. The molecule has 1 aliphatic carbocycles. The van der Waals surface area contributed by atoms with Gasteiger partial charge < -0.3 is 5.32 Å². The van der Waals surface area contributed by atoms with E-state index in [4.69, 9.17) is 0 Å². The Morgan fingerprint density at radius 2 is 2.20 bits per heavy atom. The lowest BCUT2D eigenvalue weighted by atomic mass is 10.1. The maximum Gasteiger partial charge on any atom is 0.242 e. The lowest BCUT2D eigenvalue weighted by molar-refractivity contribution is -0.120. The number of aryl methyl sites for hydroxylation is 1. The van der Waals surface area contributed by atoms with E-state index in [-0.39, 0.29) is 11.9 Å². The van der Waals surface area contributed by atoms with Crippen molar-refractivity contribution in [3.05, 3.63) is 38.4 Å². The lowest BCUT2D eigenvalue weighted by Gasteiger charge is -2.23. The molecule has 1 aliphatic rings. The van der Waals surface area contributed by atoms with Crippen molar-refractivity contribution in [3.8, 4) is 6.07 Å². The minimum absolute atomic E-state index is 0.0491. The van der Waals surface area contributed by atoms with Crippen LogP contribution in [0.5, 0.6) is 0 Å². The fraction of sp³-hybridized carbons (Fsp3) is 0.474. The number of rotatable bonds is 5. The van der Waals surface area contributed by atoms with Gasteiger partial charge in [-0.1, -0.05) is 12.5 Å². The van der Waals surface area contributed by atoms with Crippen LogP contribution in [-0.2, 0) is 24.2 Å². The van der Waals surface area contributed by atoms with Crippen molar-refractivity contribution < 1.29 is 4.79 Å². The molecule has 0 saturated heterocycles. The van der Waals surface area contributed by atoms with Crippen molar-refractivity contribution in [2.24, 2.45) is 0 Å². The highest BCUT2D eigenvalue weighted by molar-refractivity contribution is 7.16. The molecule has 1 unspecified atom stereocenters. The van der Waals surface area contributed by atoms with Crippen molar-refractivity contribution in [1.82, 2.24) is 4.90 Å². The van der Waals surface area contributed by atoms with E-state index in [1.54, 1.807) is 22.7 Å². The third-order valence-corrected chi connectivity index (χ3v) is 6.86. The van der Waals surface area contributed by atoms with Crippen LogP contribution in [0.1, 0.15) is 47.1 Å². The highest BCUT2D eigenvalue weighted by Crippen LogP contribution is 2.37. The van der Waals surface area contributed by atoms with Crippen LogP contribution in [0.15, 0.2) is 17.5 Å². The molecular formula is C19H23N3OS2. The third-order valence-electron chi connectivity index (χ3n) is 4.80. The molecule has 1 amide bonds. The molecule has 2 aromatic heterocycles. The average Bonchev–Trinajstić information content (AvgIpc) is 3.15. The van der Waals surface area contributed by atoms with Gasteiger partial charge in [0.15, 0.2) is 0 Å². The molecule has 0 fully saturated rings. The van der Waals surface area contributed by atoms with E-state index in [9.17, 15) is 10.1 Å². The van der Waals surface area contributed by atoms with Gasteiger partial charge in [-0.3, -0.25) is 9.69 Å². The number of nitrogens with zero attached hydrogens (tertiary/aromatic N) is 2. The van der Waals surface area contributed by atoms with Crippen molar-refractivity contribution in [3.63, 3.8) is 0 Å². The number of thiophene rings is 2. The van der Waals surface area contributed by atoms with Crippen LogP contribution in [-0.4, -0.2) is 23.9 Å². The Hall–Kier alpha value is -1.68. The van der Waals surface area contributed by atoms with Gasteiger partial charge in [-0.25, -0.2) is 0 Å². The minimum Gasteiger partial charge on any atom is -0.315 e. The smallest absolute Gasteiger partial charge is 0.242 e. The standard InChI is InChI=1S/C19H23N3OS2/c1-13(22(2)12-14-7-6-10-24-14)18(23)21-19-16(11-20)15-8-4-3-5-9-17(15)25-19/h6-7,10,13H,3-5,8-9,12H2,1-2H3,(H,21,23). The summed E-state index contributed by atoms with van der Waals surface area (Å²) in [6.45, 7) is 2.66. The number of hydrogen-bond donors (Lipinski definition) is 1. The number of anilines is 1. The molecule has 3 rings (SSSR count). The average molecular weight is 374 g/mol. The Balaban J connectivity index is 1.71. The second-order valence-electron chi connectivity index (χ2n) is 6.54. The molecule has 0 spiro atoms. The van der Waals surface area contributed by atoms with E-state index < -0.39 is 0 Å². The Morgan fingerprint density at radius 3 is 2.92 bits per heavy atom. The van der Waals surface area contributed by atoms with Crippen LogP contribution >= 0.6 is 22.7 Å². The number of carbonyl (C=O) groups excluding carboxylic acids is 1. The topological polar surface area (TPSA) is 56.1 Å². The normalized spacial score (nSPS) is 15.3. The molecule has 1 atom stereocenters. The van der Waals surface area contributed by atoms with Gasteiger partial charge in [-0.05, 0) is 56.7 Å². The van der Waals surface area contributed by atoms with E-state index in [0.717, 1.165) is 30.8 Å². The molecule has 0 aromatic carbocycles. The molecule has 2 aromatic rings. The summed E-state index contributed by atoms with van der Waals surface area (Å²) >= 11 is 3.29. The molecule has 6 heteroatoms. The molecular weight excluding hydrogens is 350 g/mol. The minimum atomic E-state index is -0.254. The second kappa shape index (κ2) is 8.13. The number of fused-ring (bicyclic) bond motifs is 1. The molecule has 0 saturated carbocycles. The Bertz CT molecular complexity index is 773. The number of nitriles is 1. The zero-order valence-electron chi connectivity index (χ0n) is 14.7. The number of carbonyl (C=O) groups is 1. The summed E-state index contributed by atoms with van der Waals surface area (Å²) in [5, 5.41) is 15.4. The summed E-state index contributed by atoms with van der Waals surface area (Å²) in [6.07, 6.45) is 5.51. The van der Waals surface area contributed by atoms with Crippen molar-refractivity contribution >= 4 is 33.6 Å². The van der Waals surface area contributed by atoms with Crippen LogP contribution in [0.4, 0.5) is 5.00 Å². The second-order valence-corrected chi connectivity index (χ2v) is 8.68. The van der Waals surface area contributed by atoms with E-state index in [1.165, 1.54) is 28.2 Å². The first-order valence-corrected chi connectivity index (χ1v) is 10.4. The number of amides is 1. The molecule has 25 heavy (non-hydrogen) atoms. The van der Waals surface area contributed by atoms with Gasteiger partial charge in [0.05, 0.1) is 11.6 Å². The largest absolute Gasteiger partial charge is 0.315 e. The van der Waals surface area contributed by atoms with E-state index in [2.05, 4.69) is 17.5 Å². The van der Waals surface area contributed by atoms with E-state index in [0.29, 0.717) is 5.56 Å². The fourth-order valence-corrected chi connectivity index (χ4v) is 5.16. The summed E-state index contributed by atoms with van der Waals surface area (Å²) in [6, 6.07) is 6.17. The first kappa shape index (κ1) is 18.1. The van der Waals surface area contributed by atoms with Crippen molar-refractivity contribution in [2.45, 2.75) is 51.6 Å². The van der Waals surface area contributed by atoms with Gasteiger partial charge in [0, 0.05) is 16.3 Å². The number of nitrogens with one attached hydrogen (secondary N) is 1. The maximum absolute atomic E-state index is 12.7. The molecule has 4 nitrogen and oxygen atoms in total. The highest BCUT2D eigenvalue weighted by Gasteiger charge is 2.24. The van der Waals surface area contributed by atoms with E-state index in [1.807, 2.05) is 30.3 Å². The van der Waals surface area contributed by atoms with E-state index >= 15 is 0 Å². The SMILES string of the molecule is CC(C(=O)Nc1sc2c(c1C#N)CCCCC2)N(C)Cc1cccs1. The van der Waals surface area contributed by atoms with Gasteiger partial charge in [-0.2, -0.15) is 5.26 Å². The summed E-state index contributed by atoms with van der Waals surface area (Å²) < 4.78 is 0. The molecule has 1 N–H and O–H groups in total. The fourth-order valence-electron chi connectivity index (χ4n) is 3.15. The highest BCUT2D eigenvalue weighted by atomic mass is 32.1. The zero-order chi connectivity index (χ0) is 17.8. The van der Waals surface area contributed by atoms with Crippen LogP contribution in [0.2, 0.25) is 0 Å². The van der Waals surface area contributed by atoms with Crippen molar-refractivity contribution in [2.75, 3.05) is 12.4 Å². The van der Waals surface area contributed by atoms with Crippen LogP contribution in [0, 0.1) is 11.3 Å². The molecule has 132 valence electrons. The van der Waals surface area contributed by atoms with Gasteiger partial charge in [0.25, 0.3) is 0 Å². The quantitative estimate of drug-likeness (QED) is 0.790. The summed E-state index contributed by atoms with van der Waals surface area (Å²) in [5.74, 6) is -0.0491. The zero-order valence-corrected chi connectivity index (χ0v) is 16.3. The maximum atomic E-state index is 12.7. The van der Waals surface area contributed by atoms with Gasteiger partial charge in [0.1, 0.15) is 11.1 Å². The Morgan fingerprint density at radius 1 is 1.40 bits per heavy atom. The van der Waals surface area contributed by atoms with Gasteiger partial charge in [0.2, 0.25) is 5.91 Å². The summed E-state index contributed by atoms with van der Waals surface area (Å²) in [4.78, 5) is 17.2. The molecule has 0 bridgehead atoms. The van der Waals surface area contributed by atoms with Crippen LogP contribution < -0.4 is 5.32 Å². The van der Waals surface area contributed by atoms with Crippen LogP contribution in [0.25, 0.3) is 0 Å². The predicted molar refractivity (Wildman–Crippen MR) is 104 cm³/mol. The number of likely N-dealkylation sites (N-methyl/N-ethyl adjacent to an activating group) is 1. The Labute approximate surface area is 157 Å². The first-order chi connectivity index (χ1) is 12.1. The molecule has 2 heterocycles.